The van der Waals surface area contributed by atoms with E-state index in [2.05, 4.69) is 15.0 Å². The molecule has 0 aliphatic heterocycles. The van der Waals surface area contributed by atoms with E-state index in [1.807, 2.05) is 12.1 Å². The Kier molecular flexibility index (Phi) is 3.97. The summed E-state index contributed by atoms with van der Waals surface area (Å²) in [7, 11) is 1.59. The Morgan fingerprint density at radius 3 is 2.30 bits per heavy atom. The average Bonchev–Trinajstić information content (AvgIpc) is 3.11. The van der Waals surface area contributed by atoms with E-state index in [0.717, 1.165) is 5.56 Å². The molecule has 0 atom stereocenters. The maximum absolute atomic E-state index is 11.7. The van der Waals surface area contributed by atoms with Crippen molar-refractivity contribution in [2.45, 2.75) is 0 Å². The van der Waals surface area contributed by atoms with Crippen LogP contribution in [0.1, 0.15) is 10.4 Å². The van der Waals surface area contributed by atoms with Crippen LogP contribution in [0.25, 0.3) is 33.8 Å². The molecule has 4 aromatic rings. The van der Waals surface area contributed by atoms with Gasteiger partial charge in [-0.25, -0.2) is 14.8 Å². The molecule has 4 rings (SSSR count). The number of phenols is 1. The smallest absolute Gasteiger partial charge is 0.338 e. The highest BCUT2D eigenvalue weighted by molar-refractivity contribution is 6.02. The number of aromatic nitrogens is 3. The number of hydrogen-bond donors (Lipinski definition) is 3. The molecule has 0 amide bonds. The zero-order valence-corrected chi connectivity index (χ0v) is 14.3. The number of aromatic hydroxyl groups is 1. The van der Waals surface area contributed by atoms with E-state index in [1.165, 1.54) is 18.2 Å². The van der Waals surface area contributed by atoms with Gasteiger partial charge >= 0.3 is 5.97 Å². The summed E-state index contributed by atoms with van der Waals surface area (Å²) >= 11 is 0. The van der Waals surface area contributed by atoms with Crippen molar-refractivity contribution in [3.63, 3.8) is 0 Å². The monoisotopic (exact) mass is 361 g/mol. The highest BCUT2D eigenvalue weighted by atomic mass is 16.5. The van der Waals surface area contributed by atoms with Gasteiger partial charge in [-0.05, 0) is 54.6 Å². The number of aromatic amines is 1. The quantitative estimate of drug-likeness (QED) is 0.511. The maximum Gasteiger partial charge on any atom is 0.338 e. The summed E-state index contributed by atoms with van der Waals surface area (Å²) in [6.07, 6.45) is 0. The highest BCUT2D eigenvalue weighted by Gasteiger charge is 2.17. The number of nitrogens with one attached hydrogen (secondary N) is 1. The second kappa shape index (κ2) is 6.45. The van der Waals surface area contributed by atoms with Gasteiger partial charge in [0.05, 0.1) is 23.9 Å². The predicted molar refractivity (Wildman–Crippen MR) is 99.9 cm³/mol. The minimum atomic E-state index is -1.08. The van der Waals surface area contributed by atoms with E-state index in [-0.39, 0.29) is 11.3 Å². The van der Waals surface area contributed by atoms with Gasteiger partial charge in [0, 0.05) is 11.1 Å². The van der Waals surface area contributed by atoms with Crippen molar-refractivity contribution in [3.8, 4) is 34.1 Å². The molecule has 0 aliphatic rings. The van der Waals surface area contributed by atoms with E-state index in [1.54, 1.807) is 31.4 Å². The van der Waals surface area contributed by atoms with Crippen molar-refractivity contribution in [2.75, 3.05) is 7.11 Å². The Hall–Kier alpha value is -3.87. The minimum Gasteiger partial charge on any atom is -0.508 e. The number of pyridine rings is 1. The third kappa shape index (κ3) is 3.06. The van der Waals surface area contributed by atoms with Crippen molar-refractivity contribution >= 4 is 17.1 Å². The molecule has 0 saturated heterocycles. The molecule has 27 heavy (non-hydrogen) atoms. The Balaban J connectivity index is 1.87. The molecule has 3 N–H and O–H groups in total. The van der Waals surface area contributed by atoms with Gasteiger partial charge in [-0.3, -0.25) is 0 Å². The largest absolute Gasteiger partial charge is 0.508 e. The number of H-pyrrole nitrogens is 1. The van der Waals surface area contributed by atoms with Gasteiger partial charge in [0.25, 0.3) is 0 Å². The number of nitrogens with zero attached hydrogens (tertiary/aromatic N) is 2. The minimum absolute atomic E-state index is 0.0790. The number of methoxy groups -OCH3 is 1. The number of carboxylic acid groups (broad SMARTS) is 1. The van der Waals surface area contributed by atoms with Crippen LogP contribution >= 0.6 is 0 Å². The van der Waals surface area contributed by atoms with Gasteiger partial charge in [-0.1, -0.05) is 0 Å². The fourth-order valence-corrected chi connectivity index (χ4v) is 2.82. The first-order chi connectivity index (χ1) is 13.0. The molecule has 0 fully saturated rings. The first kappa shape index (κ1) is 16.6. The topological polar surface area (TPSA) is 108 Å². The Bertz CT molecular complexity index is 1130. The first-order valence-electron chi connectivity index (χ1n) is 8.13. The van der Waals surface area contributed by atoms with E-state index in [9.17, 15) is 15.0 Å². The van der Waals surface area contributed by atoms with Crippen LogP contribution in [-0.4, -0.2) is 38.2 Å². The molecule has 2 aromatic heterocycles. The molecule has 0 bridgehead atoms. The van der Waals surface area contributed by atoms with Crippen LogP contribution in [0, 0.1) is 0 Å². The molecule has 134 valence electrons. The molecule has 7 nitrogen and oxygen atoms in total. The Labute approximate surface area is 153 Å². The van der Waals surface area contributed by atoms with Crippen LogP contribution in [0.4, 0.5) is 0 Å². The molecule has 0 saturated carbocycles. The lowest BCUT2D eigenvalue weighted by Crippen LogP contribution is -2.00. The van der Waals surface area contributed by atoms with Gasteiger partial charge in [0.2, 0.25) is 0 Å². The number of ether oxygens (including phenoxy) is 1. The second-order valence-electron chi connectivity index (χ2n) is 5.92. The van der Waals surface area contributed by atoms with Gasteiger partial charge in [0.1, 0.15) is 17.3 Å². The SMILES string of the molecule is COc1ccc(-c2nc3nc(-c4ccc(O)cc4)cc(C(=O)O)c3[nH]2)cc1. The summed E-state index contributed by atoms with van der Waals surface area (Å²) < 4.78 is 5.15. The van der Waals surface area contributed by atoms with Gasteiger partial charge in [-0.15, -0.1) is 0 Å². The lowest BCUT2D eigenvalue weighted by atomic mass is 10.1. The third-order valence-corrected chi connectivity index (χ3v) is 4.22. The number of carboxylic acids is 1. The highest BCUT2D eigenvalue weighted by Crippen LogP contribution is 2.28. The van der Waals surface area contributed by atoms with Crippen LogP contribution < -0.4 is 4.74 Å². The number of benzene rings is 2. The standard InChI is InChI=1S/C20H15N3O4/c1-27-14-8-4-12(5-9-14)18-22-17-15(20(25)26)10-16(21-19(17)23-18)11-2-6-13(24)7-3-11/h2-10,24H,1H3,(H,25,26)(H,21,22,23). The summed E-state index contributed by atoms with van der Waals surface area (Å²) in [6, 6.07) is 15.1. The normalized spacial score (nSPS) is 10.9. The summed E-state index contributed by atoms with van der Waals surface area (Å²) in [6.45, 7) is 0. The summed E-state index contributed by atoms with van der Waals surface area (Å²) in [4.78, 5) is 23.8. The van der Waals surface area contributed by atoms with Gasteiger partial charge in [-0.2, -0.15) is 0 Å². The summed E-state index contributed by atoms with van der Waals surface area (Å²) in [5, 5.41) is 19.1. The van der Waals surface area contributed by atoms with Crippen molar-refractivity contribution < 1.29 is 19.7 Å². The second-order valence-corrected chi connectivity index (χ2v) is 5.92. The lowest BCUT2D eigenvalue weighted by molar-refractivity contribution is 0.0699. The van der Waals surface area contributed by atoms with Crippen LogP contribution in [0.15, 0.2) is 54.6 Å². The van der Waals surface area contributed by atoms with Crippen molar-refractivity contribution in [1.82, 2.24) is 15.0 Å². The van der Waals surface area contributed by atoms with Crippen molar-refractivity contribution in [3.05, 3.63) is 60.2 Å². The predicted octanol–water partition coefficient (Wildman–Crippen LogP) is 3.70. The Morgan fingerprint density at radius 1 is 1.00 bits per heavy atom. The molecule has 0 radical (unpaired) electrons. The van der Waals surface area contributed by atoms with Crippen LogP contribution in [0.3, 0.4) is 0 Å². The molecule has 0 spiro atoms. The van der Waals surface area contributed by atoms with Crippen LogP contribution in [-0.2, 0) is 0 Å². The molecule has 0 aliphatic carbocycles. The van der Waals surface area contributed by atoms with E-state index >= 15 is 0 Å². The number of phenolic OH excluding ortho intramolecular Hbond substituents is 1. The fourth-order valence-electron chi connectivity index (χ4n) is 2.82. The number of imidazole rings is 1. The third-order valence-electron chi connectivity index (χ3n) is 4.22. The number of hydrogen-bond acceptors (Lipinski definition) is 5. The van der Waals surface area contributed by atoms with Crippen LogP contribution in [0.5, 0.6) is 11.5 Å². The first-order valence-corrected chi connectivity index (χ1v) is 8.13. The van der Waals surface area contributed by atoms with Crippen LogP contribution in [0.2, 0.25) is 0 Å². The summed E-state index contributed by atoms with van der Waals surface area (Å²) in [5.74, 6) is 0.284. The average molecular weight is 361 g/mol. The summed E-state index contributed by atoms with van der Waals surface area (Å²) in [5.41, 5.74) is 2.69. The van der Waals surface area contributed by atoms with Gasteiger partial charge in [0.15, 0.2) is 5.65 Å². The molecular weight excluding hydrogens is 346 g/mol. The molecule has 2 heterocycles. The van der Waals surface area contributed by atoms with Gasteiger partial charge < -0.3 is 19.9 Å². The molecule has 7 heteroatoms. The van der Waals surface area contributed by atoms with Crippen molar-refractivity contribution in [1.29, 1.82) is 0 Å². The van der Waals surface area contributed by atoms with E-state index in [0.29, 0.717) is 34.0 Å². The fraction of sp³-hybridized carbons (Fsp3) is 0.0500. The molecule has 0 unspecified atom stereocenters. The maximum atomic E-state index is 11.7. The Morgan fingerprint density at radius 2 is 1.67 bits per heavy atom. The number of aromatic carboxylic acids is 1. The van der Waals surface area contributed by atoms with Crippen molar-refractivity contribution in [2.24, 2.45) is 0 Å². The molecular formula is C20H15N3O4. The van der Waals surface area contributed by atoms with E-state index in [4.69, 9.17) is 4.74 Å². The number of carbonyl (C=O) groups is 1. The lowest BCUT2D eigenvalue weighted by Gasteiger charge is -2.03. The zero-order chi connectivity index (χ0) is 19.0. The number of fused-ring (bicyclic) bond motifs is 1. The molecule has 2 aromatic carbocycles. The number of rotatable bonds is 4. The zero-order valence-electron chi connectivity index (χ0n) is 14.3. The van der Waals surface area contributed by atoms with E-state index < -0.39 is 5.97 Å².